The maximum atomic E-state index is 14.0. The van der Waals surface area contributed by atoms with Crippen LogP contribution in [0.4, 0.5) is 4.39 Å². The number of rotatable bonds is 1. The van der Waals surface area contributed by atoms with Crippen molar-refractivity contribution in [3.8, 4) is 0 Å². The van der Waals surface area contributed by atoms with Crippen LogP contribution in [0.3, 0.4) is 0 Å². The number of hydrogen-bond acceptors (Lipinski definition) is 0. The third kappa shape index (κ3) is 2.78. The molecule has 0 heterocycles. The average Bonchev–Trinajstić information content (AvgIpc) is 2.47. The molecule has 0 radical (unpaired) electrons. The Kier molecular flexibility index (Phi) is 4.26. The Balaban J connectivity index is 2.24. The van der Waals surface area contributed by atoms with Gasteiger partial charge in [-0.25, -0.2) is 4.39 Å². The maximum Gasteiger partial charge on any atom is 0.140 e. The van der Waals surface area contributed by atoms with Crippen molar-refractivity contribution < 1.29 is 4.39 Å². The summed E-state index contributed by atoms with van der Waals surface area (Å²) in [5.41, 5.74) is 0.821. The van der Waals surface area contributed by atoms with Gasteiger partial charge >= 0.3 is 0 Å². The molecule has 1 saturated carbocycles. The summed E-state index contributed by atoms with van der Waals surface area (Å²) < 4.78 is 14.5. The van der Waals surface area contributed by atoms with E-state index in [-0.39, 0.29) is 17.1 Å². The Bertz CT molecular complexity index is 367. The molecule has 1 fully saturated rings. The first-order valence-corrected chi connectivity index (χ1v) is 6.99. The van der Waals surface area contributed by atoms with Gasteiger partial charge in [0.1, 0.15) is 5.82 Å². The Hall–Kier alpha value is -0.0800. The third-order valence-corrected chi connectivity index (χ3v) is 4.29. The minimum atomic E-state index is -0.113. The number of benzene rings is 1. The quantitative estimate of drug-likeness (QED) is 0.491. The molecule has 1 aliphatic carbocycles. The van der Waals surface area contributed by atoms with Crippen molar-refractivity contribution >= 4 is 27.5 Å². The first-order chi connectivity index (χ1) is 7.68. The van der Waals surface area contributed by atoms with Crippen molar-refractivity contribution in [2.24, 2.45) is 0 Å². The van der Waals surface area contributed by atoms with Crippen molar-refractivity contribution in [2.45, 2.75) is 43.4 Å². The molecular weight excluding hydrogens is 290 g/mol. The van der Waals surface area contributed by atoms with Gasteiger partial charge in [-0.1, -0.05) is 25.0 Å². The summed E-state index contributed by atoms with van der Waals surface area (Å²) in [4.78, 5) is 0. The fraction of sp³-hybridized carbons (Fsp3) is 0.538. The average molecular weight is 306 g/mol. The van der Waals surface area contributed by atoms with E-state index in [4.69, 9.17) is 11.6 Å². The summed E-state index contributed by atoms with van der Waals surface area (Å²) in [6.07, 6.45) is 5.33. The van der Waals surface area contributed by atoms with Gasteiger partial charge in [0, 0.05) is 5.38 Å². The van der Waals surface area contributed by atoms with E-state index < -0.39 is 0 Å². The number of alkyl halides is 1. The van der Waals surface area contributed by atoms with Gasteiger partial charge in [-0.15, -0.1) is 11.6 Å². The first-order valence-electron chi connectivity index (χ1n) is 5.76. The Morgan fingerprint density at radius 3 is 2.81 bits per heavy atom. The van der Waals surface area contributed by atoms with Crippen LogP contribution in [-0.2, 0) is 0 Å². The maximum absolute atomic E-state index is 14.0. The molecule has 0 aliphatic heterocycles. The normalized spacial score (nSPS) is 26.4. The molecule has 16 heavy (non-hydrogen) atoms. The monoisotopic (exact) mass is 304 g/mol. The molecule has 1 aromatic rings. The summed E-state index contributed by atoms with van der Waals surface area (Å²) in [5.74, 6) is 0.167. The van der Waals surface area contributed by atoms with Crippen LogP contribution in [0.5, 0.6) is 0 Å². The lowest BCUT2D eigenvalue weighted by Gasteiger charge is -2.17. The van der Waals surface area contributed by atoms with E-state index in [0.29, 0.717) is 4.47 Å². The molecule has 0 bridgehead atoms. The van der Waals surface area contributed by atoms with Gasteiger partial charge in [-0.2, -0.15) is 0 Å². The van der Waals surface area contributed by atoms with Crippen molar-refractivity contribution in [1.82, 2.24) is 0 Å². The first kappa shape index (κ1) is 12.4. The van der Waals surface area contributed by atoms with Gasteiger partial charge in [0.25, 0.3) is 0 Å². The highest BCUT2D eigenvalue weighted by atomic mass is 79.9. The molecule has 0 N–H and O–H groups in total. The summed E-state index contributed by atoms with van der Waals surface area (Å²) in [6, 6.07) is 5.53. The van der Waals surface area contributed by atoms with E-state index >= 15 is 0 Å². The van der Waals surface area contributed by atoms with Gasteiger partial charge in [0.15, 0.2) is 0 Å². The molecule has 0 spiro atoms. The van der Waals surface area contributed by atoms with Gasteiger partial charge in [0.05, 0.1) is 4.47 Å². The molecular formula is C13H15BrClF. The smallest absolute Gasteiger partial charge is 0.140 e. The number of halogens is 3. The molecule has 2 rings (SSSR count). The van der Waals surface area contributed by atoms with Crippen LogP contribution >= 0.6 is 27.5 Å². The highest BCUT2D eigenvalue weighted by Crippen LogP contribution is 2.36. The van der Waals surface area contributed by atoms with E-state index in [1.165, 1.54) is 6.42 Å². The standard InChI is InChI=1S/C13H15BrClF/c14-12-7-3-6-11(13(12)16)9-4-1-2-5-10(15)8-9/h3,6-7,9-10H,1-2,4-5,8H2. The zero-order valence-electron chi connectivity index (χ0n) is 9.06. The Labute approximate surface area is 109 Å². The lowest BCUT2D eigenvalue weighted by atomic mass is 9.91. The zero-order valence-corrected chi connectivity index (χ0v) is 11.4. The molecule has 88 valence electrons. The van der Waals surface area contributed by atoms with Crippen LogP contribution in [0.15, 0.2) is 22.7 Å². The van der Waals surface area contributed by atoms with Gasteiger partial charge in [-0.05, 0) is 52.7 Å². The zero-order chi connectivity index (χ0) is 11.5. The van der Waals surface area contributed by atoms with E-state index in [9.17, 15) is 4.39 Å². The SMILES string of the molecule is Fc1c(Br)cccc1C1CCCCC(Cl)C1. The van der Waals surface area contributed by atoms with Gasteiger partial charge in [-0.3, -0.25) is 0 Å². The van der Waals surface area contributed by atoms with E-state index in [2.05, 4.69) is 15.9 Å². The molecule has 0 aromatic heterocycles. The topological polar surface area (TPSA) is 0 Å². The molecule has 2 unspecified atom stereocenters. The van der Waals surface area contributed by atoms with Crippen LogP contribution in [0.2, 0.25) is 0 Å². The predicted molar refractivity (Wildman–Crippen MR) is 69.6 cm³/mol. The molecule has 1 aromatic carbocycles. The van der Waals surface area contributed by atoms with Gasteiger partial charge < -0.3 is 0 Å². The van der Waals surface area contributed by atoms with Crippen LogP contribution < -0.4 is 0 Å². The fourth-order valence-corrected chi connectivity index (χ4v) is 3.17. The second-order valence-electron chi connectivity index (χ2n) is 4.46. The fourth-order valence-electron chi connectivity index (χ4n) is 2.42. The van der Waals surface area contributed by atoms with E-state index in [1.54, 1.807) is 6.07 Å². The highest BCUT2D eigenvalue weighted by Gasteiger charge is 2.22. The summed E-state index contributed by atoms with van der Waals surface area (Å²) >= 11 is 9.46. The van der Waals surface area contributed by atoms with Crippen LogP contribution in [-0.4, -0.2) is 5.38 Å². The van der Waals surface area contributed by atoms with Crippen LogP contribution in [0.1, 0.15) is 43.6 Å². The Morgan fingerprint density at radius 2 is 2.00 bits per heavy atom. The predicted octanol–water partition coefficient (Wildman–Crippen LogP) is 5.24. The van der Waals surface area contributed by atoms with Crippen molar-refractivity contribution in [2.75, 3.05) is 0 Å². The molecule has 2 atom stereocenters. The summed E-state index contributed by atoms with van der Waals surface area (Å²) in [6.45, 7) is 0. The minimum absolute atomic E-state index is 0.113. The summed E-state index contributed by atoms with van der Waals surface area (Å²) in [5, 5.41) is 0.200. The minimum Gasteiger partial charge on any atom is -0.205 e. The molecule has 3 heteroatoms. The Morgan fingerprint density at radius 1 is 1.25 bits per heavy atom. The lowest BCUT2D eigenvalue weighted by Crippen LogP contribution is -2.06. The van der Waals surface area contributed by atoms with Crippen molar-refractivity contribution in [3.63, 3.8) is 0 Å². The third-order valence-electron chi connectivity index (χ3n) is 3.28. The van der Waals surface area contributed by atoms with Crippen molar-refractivity contribution in [3.05, 3.63) is 34.1 Å². The second kappa shape index (κ2) is 5.50. The van der Waals surface area contributed by atoms with Crippen LogP contribution in [0.25, 0.3) is 0 Å². The van der Waals surface area contributed by atoms with Gasteiger partial charge in [0.2, 0.25) is 0 Å². The second-order valence-corrected chi connectivity index (χ2v) is 5.93. The molecule has 1 aliphatic rings. The highest BCUT2D eigenvalue weighted by molar-refractivity contribution is 9.10. The van der Waals surface area contributed by atoms with Crippen LogP contribution in [0, 0.1) is 5.82 Å². The van der Waals surface area contributed by atoms with E-state index in [0.717, 1.165) is 31.2 Å². The summed E-state index contributed by atoms with van der Waals surface area (Å²) in [7, 11) is 0. The molecule has 0 saturated heterocycles. The number of hydrogen-bond donors (Lipinski definition) is 0. The molecule has 0 nitrogen and oxygen atoms in total. The van der Waals surface area contributed by atoms with E-state index in [1.807, 2.05) is 12.1 Å². The largest absolute Gasteiger partial charge is 0.205 e. The van der Waals surface area contributed by atoms with Crippen molar-refractivity contribution in [1.29, 1.82) is 0 Å². The molecule has 0 amide bonds. The lowest BCUT2D eigenvalue weighted by molar-refractivity contribution is 0.535.